The molecule has 2 aliphatic heterocycles. The molecule has 35 heavy (non-hydrogen) atoms. The lowest BCUT2D eigenvalue weighted by atomic mass is 9.71. The Kier molecular flexibility index (Phi) is 4.99. The molecule has 4 fully saturated rings. The number of rotatable bonds is 4. The number of nitrogens with zero attached hydrogens (tertiary/aromatic N) is 3. The molecule has 2 saturated heterocycles. The quantitative estimate of drug-likeness (QED) is 0.461. The Hall–Kier alpha value is -2.47. The van der Waals surface area contributed by atoms with E-state index in [1.54, 1.807) is 23.1 Å². The highest BCUT2D eigenvalue weighted by molar-refractivity contribution is 5.89. The largest absolute Gasteiger partial charge is 0.460 e. The molecule has 3 aliphatic carbocycles. The molecule has 2 unspecified atom stereocenters. The maximum absolute atomic E-state index is 13.7. The smallest absolute Gasteiger partial charge is 0.374 e. The molecule has 1 spiro atoms. The number of aromatic nitrogens is 2. The average Bonchev–Trinajstić information content (AvgIpc) is 3.54. The van der Waals surface area contributed by atoms with Crippen molar-refractivity contribution in [2.45, 2.75) is 95.3 Å². The van der Waals surface area contributed by atoms with Gasteiger partial charge >= 0.3 is 5.97 Å². The van der Waals surface area contributed by atoms with Gasteiger partial charge in [-0.25, -0.2) is 9.78 Å². The van der Waals surface area contributed by atoms with E-state index in [9.17, 15) is 9.59 Å². The summed E-state index contributed by atoms with van der Waals surface area (Å²) in [6, 6.07) is 8.93. The first-order valence-electron chi connectivity index (χ1n) is 13.7. The number of allylic oxidation sites excluding steroid dienone is 1. The fraction of sp³-hybridized carbons (Fsp3) is 0.621. The molecule has 3 heterocycles. The van der Waals surface area contributed by atoms with Gasteiger partial charge in [0.05, 0.1) is 17.5 Å². The van der Waals surface area contributed by atoms with Crippen molar-refractivity contribution in [1.29, 1.82) is 0 Å². The SMILES string of the molecule is CCOC(=O)c1nc2ccccc2c(=O)n1C1C[C@H]2CCC[C@@H](C1)N2[C@@H]1CC2=CCC3C[C@]3(C2)C1. The standard InChI is InChI=1S/C29H35N3O3/c1-2-35-28(34)26-30-25-9-4-3-8-24(25)27(33)32(26)22-13-20-6-5-7-21(14-22)31(20)23-12-18-10-11-19-16-29(19,15-18)17-23/h3-4,8-10,19-23H,2,5-7,11-17H2,1H3/t19?,20-,21+,22?,23-,29-/m1/s1. The second-order valence-electron chi connectivity index (χ2n) is 11.8. The van der Waals surface area contributed by atoms with Crippen LogP contribution in [0.3, 0.4) is 0 Å². The van der Waals surface area contributed by atoms with Crippen LogP contribution in [0.2, 0.25) is 0 Å². The summed E-state index contributed by atoms with van der Waals surface area (Å²) >= 11 is 0. The minimum absolute atomic E-state index is 0.0142. The minimum Gasteiger partial charge on any atom is -0.460 e. The number of piperidine rings is 2. The van der Waals surface area contributed by atoms with E-state index in [0.717, 1.165) is 18.8 Å². The van der Waals surface area contributed by atoms with Crippen LogP contribution >= 0.6 is 0 Å². The molecule has 6 heteroatoms. The summed E-state index contributed by atoms with van der Waals surface area (Å²) in [5, 5.41) is 0.582. The number of fused-ring (bicyclic) bond motifs is 4. The van der Waals surface area contributed by atoms with Crippen LogP contribution in [-0.4, -0.2) is 45.2 Å². The maximum Gasteiger partial charge on any atom is 0.374 e. The van der Waals surface area contributed by atoms with Crippen molar-refractivity contribution < 1.29 is 9.53 Å². The van der Waals surface area contributed by atoms with Gasteiger partial charge in [-0.1, -0.05) is 30.2 Å². The summed E-state index contributed by atoms with van der Waals surface area (Å²) in [6.07, 6.45) is 14.7. The lowest BCUT2D eigenvalue weighted by Gasteiger charge is -2.54. The molecular weight excluding hydrogens is 438 g/mol. The van der Waals surface area contributed by atoms with Crippen molar-refractivity contribution >= 4 is 16.9 Å². The highest BCUT2D eigenvalue weighted by atomic mass is 16.5. The summed E-state index contributed by atoms with van der Waals surface area (Å²) in [5.74, 6) is 0.610. The van der Waals surface area contributed by atoms with Crippen LogP contribution in [0.25, 0.3) is 10.9 Å². The molecule has 2 aromatic rings. The van der Waals surface area contributed by atoms with Crippen LogP contribution in [0.4, 0.5) is 0 Å². The van der Waals surface area contributed by atoms with Crippen molar-refractivity contribution in [2.75, 3.05) is 6.61 Å². The Balaban J connectivity index is 1.24. The number of benzene rings is 1. The molecule has 0 amide bonds. The molecule has 0 radical (unpaired) electrons. The Morgan fingerprint density at radius 3 is 2.71 bits per heavy atom. The summed E-state index contributed by atoms with van der Waals surface area (Å²) in [6.45, 7) is 2.06. The fourth-order valence-electron chi connectivity index (χ4n) is 8.37. The molecule has 4 bridgehead atoms. The lowest BCUT2D eigenvalue weighted by molar-refractivity contribution is -0.0334. The third-order valence-corrected chi connectivity index (χ3v) is 9.83. The van der Waals surface area contributed by atoms with Gasteiger partial charge in [-0.05, 0) is 88.2 Å². The van der Waals surface area contributed by atoms with Crippen LogP contribution < -0.4 is 5.56 Å². The zero-order valence-corrected chi connectivity index (χ0v) is 20.6. The van der Waals surface area contributed by atoms with Crippen LogP contribution in [0.1, 0.15) is 87.8 Å². The second kappa shape index (κ2) is 8.02. The Morgan fingerprint density at radius 1 is 1.11 bits per heavy atom. The number of ether oxygens (including phenoxy) is 1. The van der Waals surface area contributed by atoms with Crippen molar-refractivity contribution in [2.24, 2.45) is 11.3 Å². The molecular formula is C29H35N3O3. The van der Waals surface area contributed by atoms with E-state index >= 15 is 0 Å². The molecule has 0 N–H and O–H groups in total. The first-order chi connectivity index (χ1) is 17.1. The summed E-state index contributed by atoms with van der Waals surface area (Å²) < 4.78 is 7.06. The van der Waals surface area contributed by atoms with Gasteiger partial charge in [-0.2, -0.15) is 0 Å². The Labute approximate surface area is 206 Å². The molecule has 7 rings (SSSR count). The van der Waals surface area contributed by atoms with E-state index in [1.165, 1.54) is 51.4 Å². The Bertz CT molecular complexity index is 1270. The molecule has 6 atom stereocenters. The zero-order chi connectivity index (χ0) is 23.7. The summed E-state index contributed by atoms with van der Waals surface area (Å²) in [7, 11) is 0. The van der Waals surface area contributed by atoms with Crippen LogP contribution in [0.5, 0.6) is 0 Å². The second-order valence-corrected chi connectivity index (χ2v) is 11.8. The topological polar surface area (TPSA) is 64.4 Å². The molecule has 5 aliphatic rings. The highest BCUT2D eigenvalue weighted by Gasteiger charge is 2.59. The number of para-hydroxylation sites is 1. The van der Waals surface area contributed by atoms with E-state index in [2.05, 4.69) is 16.0 Å². The lowest BCUT2D eigenvalue weighted by Crippen LogP contribution is -2.58. The van der Waals surface area contributed by atoms with Gasteiger partial charge in [0.1, 0.15) is 0 Å². The van der Waals surface area contributed by atoms with E-state index in [1.807, 2.05) is 18.2 Å². The van der Waals surface area contributed by atoms with E-state index in [4.69, 9.17) is 4.74 Å². The van der Waals surface area contributed by atoms with Gasteiger partial charge in [-0.15, -0.1) is 0 Å². The van der Waals surface area contributed by atoms with Gasteiger partial charge in [0.25, 0.3) is 5.56 Å². The number of carbonyl (C=O) groups excluding carboxylic acids is 1. The van der Waals surface area contributed by atoms with Crippen molar-refractivity contribution in [3.63, 3.8) is 0 Å². The van der Waals surface area contributed by atoms with Crippen molar-refractivity contribution in [3.8, 4) is 0 Å². The first kappa shape index (κ1) is 21.8. The number of esters is 1. The summed E-state index contributed by atoms with van der Waals surface area (Å²) in [4.78, 5) is 34.2. The zero-order valence-electron chi connectivity index (χ0n) is 20.6. The molecule has 1 aromatic carbocycles. The monoisotopic (exact) mass is 473 g/mol. The molecule has 2 saturated carbocycles. The van der Waals surface area contributed by atoms with Crippen molar-refractivity contribution in [1.82, 2.24) is 14.5 Å². The number of carbonyl (C=O) groups is 1. The van der Waals surface area contributed by atoms with Gasteiger partial charge in [0, 0.05) is 24.2 Å². The van der Waals surface area contributed by atoms with Crippen LogP contribution in [0, 0.1) is 11.3 Å². The molecule has 6 nitrogen and oxygen atoms in total. The van der Waals surface area contributed by atoms with E-state index < -0.39 is 5.97 Å². The highest BCUT2D eigenvalue weighted by Crippen LogP contribution is 2.67. The predicted molar refractivity (Wildman–Crippen MR) is 134 cm³/mol. The Morgan fingerprint density at radius 2 is 1.91 bits per heavy atom. The van der Waals surface area contributed by atoms with Crippen LogP contribution in [-0.2, 0) is 4.74 Å². The number of hydrogen-bond donors (Lipinski definition) is 0. The van der Waals surface area contributed by atoms with E-state index in [-0.39, 0.29) is 24.0 Å². The molecule has 1 aromatic heterocycles. The third kappa shape index (κ3) is 3.43. The van der Waals surface area contributed by atoms with Gasteiger partial charge in [-0.3, -0.25) is 14.3 Å². The van der Waals surface area contributed by atoms with E-state index in [0.29, 0.717) is 34.4 Å². The normalized spacial score (nSPS) is 35.8. The fourth-order valence-corrected chi connectivity index (χ4v) is 8.37. The summed E-state index contributed by atoms with van der Waals surface area (Å²) in [5.41, 5.74) is 2.77. The first-order valence-corrected chi connectivity index (χ1v) is 13.7. The van der Waals surface area contributed by atoms with Gasteiger partial charge < -0.3 is 4.74 Å². The number of hydrogen-bond acceptors (Lipinski definition) is 5. The maximum atomic E-state index is 13.7. The van der Waals surface area contributed by atoms with Gasteiger partial charge in [0.15, 0.2) is 0 Å². The minimum atomic E-state index is -0.492. The van der Waals surface area contributed by atoms with Gasteiger partial charge in [0.2, 0.25) is 5.82 Å². The molecule has 184 valence electrons. The predicted octanol–water partition coefficient (Wildman–Crippen LogP) is 5.02. The average molecular weight is 474 g/mol. The third-order valence-electron chi connectivity index (χ3n) is 9.83. The van der Waals surface area contributed by atoms with Crippen molar-refractivity contribution in [3.05, 3.63) is 52.1 Å². The van der Waals surface area contributed by atoms with Crippen LogP contribution in [0.15, 0.2) is 40.7 Å².